The van der Waals surface area contributed by atoms with Crippen LogP contribution < -0.4 is 16.2 Å². The molecule has 1 saturated carbocycles. The molecule has 1 unspecified atom stereocenters. The van der Waals surface area contributed by atoms with Gasteiger partial charge in [0, 0.05) is 17.8 Å². The molecule has 3 rings (SSSR count). The number of nitrogens with one attached hydrogen (secondary N) is 1. The molecule has 0 bridgehead atoms. The van der Waals surface area contributed by atoms with Crippen LogP contribution in [0.1, 0.15) is 25.7 Å². The number of nitrogens with zero attached hydrogens (tertiary/aromatic N) is 4. The van der Waals surface area contributed by atoms with E-state index in [1.807, 2.05) is 0 Å². The number of aldehydes is 1. The summed E-state index contributed by atoms with van der Waals surface area (Å²) in [6.45, 7) is 0.312. The van der Waals surface area contributed by atoms with Crippen LogP contribution in [0.3, 0.4) is 0 Å². The third kappa shape index (κ3) is 3.10. The molecule has 0 spiro atoms. The quantitative estimate of drug-likeness (QED) is 0.762. The van der Waals surface area contributed by atoms with Crippen molar-refractivity contribution in [2.45, 2.75) is 31.7 Å². The van der Waals surface area contributed by atoms with Crippen LogP contribution in [0.25, 0.3) is 0 Å². The molecular formula is C15H18N6O3. The second-order valence-corrected chi connectivity index (χ2v) is 5.86. The van der Waals surface area contributed by atoms with E-state index in [1.165, 1.54) is 4.90 Å². The molecule has 2 heterocycles. The normalized spacial score (nSPS) is 22.8. The minimum Gasteiger partial charge on any atom is -0.369 e. The summed E-state index contributed by atoms with van der Waals surface area (Å²) in [6.07, 6.45) is 6.30. The van der Waals surface area contributed by atoms with E-state index in [9.17, 15) is 14.4 Å². The molecule has 9 heteroatoms. The van der Waals surface area contributed by atoms with Crippen LogP contribution in [0.4, 0.5) is 17.5 Å². The minimum absolute atomic E-state index is 0.0487. The van der Waals surface area contributed by atoms with Gasteiger partial charge in [0.15, 0.2) is 11.5 Å². The molecule has 3 N–H and O–H groups in total. The smallest absolute Gasteiger partial charge is 0.278 e. The Morgan fingerprint density at radius 1 is 1.38 bits per heavy atom. The Kier molecular flexibility index (Phi) is 4.50. The summed E-state index contributed by atoms with van der Waals surface area (Å²) in [4.78, 5) is 50.5. The predicted molar refractivity (Wildman–Crippen MR) is 90.1 cm³/mol. The molecule has 24 heavy (non-hydrogen) atoms. The predicted octanol–water partition coefficient (Wildman–Crippen LogP) is 0.230. The van der Waals surface area contributed by atoms with Gasteiger partial charge < -0.3 is 10.5 Å². The molecule has 126 valence electrons. The molecule has 1 amide bonds. The summed E-state index contributed by atoms with van der Waals surface area (Å²) in [7, 11) is 0. The first kappa shape index (κ1) is 16.0. The molecule has 0 radical (unpaired) electrons. The zero-order valence-electron chi connectivity index (χ0n) is 13.0. The van der Waals surface area contributed by atoms with Crippen LogP contribution in [-0.4, -0.2) is 47.2 Å². The number of hydrogen-bond donors (Lipinski definition) is 2. The fourth-order valence-electron chi connectivity index (χ4n) is 2.95. The van der Waals surface area contributed by atoms with Crippen LogP contribution in [0, 0.1) is 5.92 Å². The number of nitrogen functional groups attached to an aromatic ring is 1. The van der Waals surface area contributed by atoms with Crippen molar-refractivity contribution in [2.75, 3.05) is 17.2 Å². The Morgan fingerprint density at radius 3 is 2.79 bits per heavy atom. The first-order valence-electron chi connectivity index (χ1n) is 7.77. The van der Waals surface area contributed by atoms with Crippen LogP contribution in [-0.2, 0) is 9.59 Å². The molecule has 9 nitrogen and oxygen atoms in total. The van der Waals surface area contributed by atoms with E-state index in [0.717, 1.165) is 37.7 Å². The molecule has 1 aliphatic heterocycles. The number of carbonyl (C=O) groups excluding carboxylic acids is 2. The molecule has 1 fully saturated rings. The number of nitrogens with two attached hydrogens (primary N) is 1. The summed E-state index contributed by atoms with van der Waals surface area (Å²) < 4.78 is 0. The summed E-state index contributed by atoms with van der Waals surface area (Å²) >= 11 is 0. The van der Waals surface area contributed by atoms with Crippen molar-refractivity contribution in [1.82, 2.24) is 9.97 Å². The average molecular weight is 330 g/mol. The van der Waals surface area contributed by atoms with Crippen molar-refractivity contribution in [1.29, 1.82) is 0 Å². The summed E-state index contributed by atoms with van der Waals surface area (Å²) in [5.74, 6) is 0.194. The van der Waals surface area contributed by atoms with Gasteiger partial charge in [-0.2, -0.15) is 4.98 Å². The van der Waals surface area contributed by atoms with Gasteiger partial charge in [0.05, 0.1) is 12.6 Å². The maximum atomic E-state index is 12.1. The molecule has 0 aromatic carbocycles. The molecule has 1 aromatic rings. The van der Waals surface area contributed by atoms with Gasteiger partial charge in [-0.05, 0) is 25.7 Å². The maximum Gasteiger partial charge on any atom is 0.278 e. The summed E-state index contributed by atoms with van der Waals surface area (Å²) in [6, 6.07) is -0.446. The number of H-pyrrole nitrogens is 1. The highest BCUT2D eigenvalue weighted by atomic mass is 16.1. The fourth-order valence-corrected chi connectivity index (χ4v) is 2.95. The lowest BCUT2D eigenvalue weighted by Gasteiger charge is -2.27. The van der Waals surface area contributed by atoms with E-state index in [-0.39, 0.29) is 23.4 Å². The van der Waals surface area contributed by atoms with Crippen molar-refractivity contribution < 1.29 is 9.59 Å². The number of amides is 1. The zero-order valence-corrected chi connectivity index (χ0v) is 13.0. The number of anilines is 2. The van der Waals surface area contributed by atoms with Crippen LogP contribution in [0.2, 0.25) is 0 Å². The standard InChI is InChI=1S/C15H18N6O3/c16-15-19-13-12(14(24)20-15)21(8-23)11(6-18-13)5-17-10-3-1-9(7-22)2-4-10/h6-9,11H,1-5H2,(H3,16,19,20,24). The third-order valence-corrected chi connectivity index (χ3v) is 4.29. The Hall–Kier alpha value is -2.84. The van der Waals surface area contributed by atoms with Crippen molar-refractivity contribution in [3.63, 3.8) is 0 Å². The van der Waals surface area contributed by atoms with Gasteiger partial charge in [0.1, 0.15) is 6.29 Å². The first-order chi connectivity index (χ1) is 11.6. The topological polar surface area (TPSA) is 134 Å². The molecule has 2 aliphatic rings. The highest BCUT2D eigenvalue weighted by molar-refractivity contribution is 5.93. The Labute approximate surface area is 137 Å². The van der Waals surface area contributed by atoms with Crippen LogP contribution in [0.5, 0.6) is 0 Å². The number of aliphatic imine (C=N–C) groups is 2. The second kappa shape index (κ2) is 6.73. The van der Waals surface area contributed by atoms with Gasteiger partial charge in [-0.15, -0.1) is 0 Å². The monoisotopic (exact) mass is 330 g/mol. The summed E-state index contributed by atoms with van der Waals surface area (Å²) in [5.41, 5.74) is 6.09. The van der Waals surface area contributed by atoms with E-state index < -0.39 is 11.6 Å². The Morgan fingerprint density at radius 2 is 2.12 bits per heavy atom. The molecule has 0 saturated heterocycles. The third-order valence-electron chi connectivity index (χ3n) is 4.29. The van der Waals surface area contributed by atoms with Gasteiger partial charge >= 0.3 is 0 Å². The number of aromatic amines is 1. The summed E-state index contributed by atoms with van der Waals surface area (Å²) in [5, 5.41) is 0. The second-order valence-electron chi connectivity index (χ2n) is 5.86. The Balaban J connectivity index is 1.77. The molecular weight excluding hydrogens is 312 g/mol. The van der Waals surface area contributed by atoms with Crippen molar-refractivity contribution in [2.24, 2.45) is 15.9 Å². The number of carbonyl (C=O) groups is 2. The van der Waals surface area contributed by atoms with E-state index in [0.29, 0.717) is 13.0 Å². The van der Waals surface area contributed by atoms with Gasteiger partial charge in [-0.1, -0.05) is 0 Å². The number of hydrogen-bond acceptors (Lipinski definition) is 7. The Bertz CT molecular complexity index is 759. The highest BCUT2D eigenvalue weighted by Gasteiger charge is 2.27. The first-order valence-corrected chi connectivity index (χ1v) is 7.77. The van der Waals surface area contributed by atoms with Crippen molar-refractivity contribution in [3.8, 4) is 0 Å². The van der Waals surface area contributed by atoms with Crippen LogP contribution in [0.15, 0.2) is 14.8 Å². The van der Waals surface area contributed by atoms with Crippen molar-refractivity contribution >= 4 is 42.1 Å². The van der Waals surface area contributed by atoms with E-state index >= 15 is 0 Å². The van der Waals surface area contributed by atoms with E-state index in [1.54, 1.807) is 6.21 Å². The van der Waals surface area contributed by atoms with E-state index in [4.69, 9.17) is 5.73 Å². The highest BCUT2D eigenvalue weighted by Crippen LogP contribution is 2.27. The number of fused-ring (bicyclic) bond motifs is 1. The van der Waals surface area contributed by atoms with E-state index in [2.05, 4.69) is 20.0 Å². The van der Waals surface area contributed by atoms with Gasteiger partial charge in [0.25, 0.3) is 5.56 Å². The lowest BCUT2D eigenvalue weighted by atomic mass is 9.89. The molecule has 1 aromatic heterocycles. The average Bonchev–Trinajstić information content (AvgIpc) is 2.59. The maximum absolute atomic E-state index is 12.1. The lowest BCUT2D eigenvalue weighted by molar-refractivity contribution is -0.111. The number of aromatic nitrogens is 2. The minimum atomic E-state index is -0.509. The number of rotatable bonds is 4. The van der Waals surface area contributed by atoms with Gasteiger partial charge in [0.2, 0.25) is 12.4 Å². The van der Waals surface area contributed by atoms with Crippen molar-refractivity contribution in [3.05, 3.63) is 10.4 Å². The zero-order chi connectivity index (χ0) is 17.1. The largest absolute Gasteiger partial charge is 0.369 e. The fraction of sp³-hybridized carbons (Fsp3) is 0.467. The molecule has 1 atom stereocenters. The SMILES string of the molecule is Nc1nc2c(c(=O)[nH]1)N(C=O)C(CN=C1CCC(C=O)CC1)C=N2. The lowest BCUT2D eigenvalue weighted by Crippen LogP contribution is -2.43. The molecule has 1 aliphatic carbocycles. The van der Waals surface area contributed by atoms with Gasteiger partial charge in [-0.25, -0.2) is 4.99 Å². The van der Waals surface area contributed by atoms with Crippen LogP contribution >= 0.6 is 0 Å². The van der Waals surface area contributed by atoms with Gasteiger partial charge in [-0.3, -0.25) is 24.5 Å².